The van der Waals surface area contributed by atoms with Crippen molar-refractivity contribution in [1.82, 2.24) is 0 Å². The van der Waals surface area contributed by atoms with Crippen molar-refractivity contribution in [1.29, 1.82) is 0 Å². The second-order valence-corrected chi connectivity index (χ2v) is 5.84. The molecule has 0 rings (SSSR count). The van der Waals surface area contributed by atoms with Gasteiger partial charge in [0.1, 0.15) is 0 Å². The summed E-state index contributed by atoms with van der Waals surface area (Å²) in [5, 5.41) is 52.6. The first kappa shape index (κ1) is 17.1. The lowest BCUT2D eigenvalue weighted by Gasteiger charge is -2.51. The summed E-state index contributed by atoms with van der Waals surface area (Å²) < 4.78 is 26.3. The zero-order chi connectivity index (χ0) is 23.4. The third kappa shape index (κ3) is 2.80. The van der Waals surface area contributed by atoms with Gasteiger partial charge in [-0.05, 0) is 43.5 Å². The molecule has 0 aliphatic heterocycles. The molecule has 0 aromatic rings. The van der Waals surface area contributed by atoms with Gasteiger partial charge in [-0.15, -0.1) is 0 Å². The van der Waals surface area contributed by atoms with Crippen molar-refractivity contribution in [2.24, 2.45) is 0 Å². The van der Waals surface area contributed by atoms with E-state index >= 15 is 0 Å². The molecule has 0 fully saturated rings. The zero-order valence-corrected chi connectivity index (χ0v) is 14.3. The molecule has 0 amide bonds. The highest BCUT2D eigenvalue weighted by Crippen LogP contribution is 2.44. The molecule has 5 N–H and O–H groups in total. The van der Waals surface area contributed by atoms with Gasteiger partial charge in [0.05, 0.1) is 6.61 Å². The maximum absolute atomic E-state index is 12.4. The van der Waals surface area contributed by atoms with Gasteiger partial charge in [-0.3, -0.25) is 24.0 Å². The summed E-state index contributed by atoms with van der Waals surface area (Å²) in [6.07, 6.45) is 0. The van der Waals surface area contributed by atoms with Crippen LogP contribution in [0.25, 0.3) is 0 Å². The average Bonchev–Trinajstić information content (AvgIpc) is 2.73. The highest BCUT2D eigenvalue weighted by molar-refractivity contribution is 9.18. The fourth-order valence-corrected chi connectivity index (χ4v) is 2.76. The normalized spacial score (nSPS) is 23.1. The van der Waals surface area contributed by atoms with Gasteiger partial charge < -0.3 is 25.5 Å². The third-order valence-electron chi connectivity index (χ3n) is 3.83. The van der Waals surface area contributed by atoms with Crippen LogP contribution in [-0.2, 0) is 24.0 Å². The number of ketones is 4. The van der Waals surface area contributed by atoms with Gasteiger partial charge in [-0.2, -0.15) is 0 Å². The topological polar surface area (TPSA) is 186 Å². The fraction of sp³-hybridized carbons (Fsp3) is 0.643. The van der Waals surface area contributed by atoms with Crippen molar-refractivity contribution < 1.29 is 55.0 Å². The van der Waals surface area contributed by atoms with Gasteiger partial charge in [-0.25, -0.2) is 0 Å². The summed E-state index contributed by atoms with van der Waals surface area (Å²) >= 11 is 2.08. The van der Waals surface area contributed by atoms with Crippen LogP contribution in [0, 0.1) is 0 Å². The van der Waals surface area contributed by atoms with Crippen LogP contribution in [0.3, 0.4) is 0 Å². The van der Waals surface area contributed by atoms with Crippen molar-refractivity contribution in [3.63, 3.8) is 0 Å². The third-order valence-corrected chi connectivity index (χ3v) is 4.40. The smallest absolute Gasteiger partial charge is 0.240 e. The number of aliphatic hydroxyl groups is 5. The first-order valence-electron chi connectivity index (χ1n) is 9.02. The number of hydrogen-bond donors (Lipinski definition) is 5. The van der Waals surface area contributed by atoms with E-state index in [1.807, 2.05) is 0 Å². The summed E-state index contributed by atoms with van der Waals surface area (Å²) in [6, 6.07) is 0. The van der Waals surface area contributed by atoms with Crippen LogP contribution in [0.4, 0.5) is 0 Å². The summed E-state index contributed by atoms with van der Waals surface area (Å²) in [4.78, 5) is 61.1. The predicted octanol–water partition coefficient (Wildman–Crippen LogP) is -2.82. The van der Waals surface area contributed by atoms with Gasteiger partial charge in [-0.1, -0.05) is 0 Å². The quantitative estimate of drug-likeness (QED) is 0.188. The Bertz CT molecular complexity index is 721. The summed E-state index contributed by atoms with van der Waals surface area (Å²) in [5.74, 6) is -8.17. The number of rotatable bonds is 9. The van der Waals surface area contributed by atoms with E-state index in [0.717, 1.165) is 0 Å². The van der Waals surface area contributed by atoms with Crippen LogP contribution in [-0.4, -0.2) is 82.4 Å². The molecule has 0 bridgehead atoms. The molecular weight excluding hydrogens is 408 g/mol. The van der Waals surface area contributed by atoms with Crippen LogP contribution < -0.4 is 0 Å². The molecule has 0 unspecified atom stereocenters. The van der Waals surface area contributed by atoms with Crippen LogP contribution >= 0.6 is 15.9 Å². The Labute approximate surface area is 156 Å². The number of aliphatic hydroxyl groups excluding tert-OH is 1. The molecule has 0 heterocycles. The molecule has 0 aromatic heterocycles. The second-order valence-electron chi connectivity index (χ2n) is 5.12. The van der Waals surface area contributed by atoms with Gasteiger partial charge in [0.15, 0.2) is 28.7 Å². The lowest BCUT2D eigenvalue weighted by atomic mass is 9.58. The van der Waals surface area contributed by atoms with Gasteiger partial charge in [0, 0.05) is 5.48 Å². The molecule has 0 spiro atoms. The van der Waals surface area contributed by atoms with E-state index in [9.17, 15) is 49.5 Å². The van der Waals surface area contributed by atoms with Crippen LogP contribution in [0.5, 0.6) is 0 Å². The Morgan fingerprint density at radius 1 is 0.800 bits per heavy atom. The van der Waals surface area contributed by atoms with Crippen molar-refractivity contribution in [2.45, 2.75) is 50.0 Å². The van der Waals surface area contributed by atoms with Crippen molar-refractivity contribution in [2.75, 3.05) is 6.61 Å². The Morgan fingerprint density at radius 3 is 1.52 bits per heavy atom. The molecular formula is C14H19BrO10. The first-order chi connectivity index (χ1) is 13.2. The molecule has 10 nitrogen and oxygen atoms in total. The number of hydrogen-bond acceptors (Lipinski definition) is 10. The van der Waals surface area contributed by atoms with Crippen LogP contribution in [0.1, 0.15) is 33.1 Å². The maximum Gasteiger partial charge on any atom is 0.240 e. The Morgan fingerprint density at radius 2 is 1.20 bits per heavy atom. The van der Waals surface area contributed by atoms with Crippen LogP contribution in [0.2, 0.25) is 0 Å². The van der Waals surface area contributed by atoms with E-state index in [2.05, 4.69) is 15.9 Å². The van der Waals surface area contributed by atoms with Gasteiger partial charge in [0.2, 0.25) is 21.5 Å². The highest BCUT2D eigenvalue weighted by Gasteiger charge is 2.78. The monoisotopic (exact) mass is 430 g/mol. The average molecular weight is 431 g/mol. The Hall–Kier alpha value is -1.37. The number of carbonyl (C=O) groups excluding carboxylic acids is 5. The summed E-state index contributed by atoms with van der Waals surface area (Å²) in [7, 11) is 0. The van der Waals surface area contributed by atoms with Crippen molar-refractivity contribution in [3.8, 4) is 0 Å². The SMILES string of the molecule is [2H]CC(=O)[C@](O)(C(=O)Br)[C@](O)(C(=O)C[2H])[C@](O)(C(=O)C[2H])[C@](O)(CO)C(=O)C[2H]. The minimum Gasteiger partial charge on any atom is -0.393 e. The predicted molar refractivity (Wildman–Crippen MR) is 83.5 cm³/mol. The zero-order valence-electron chi connectivity index (χ0n) is 16.7. The molecule has 25 heavy (non-hydrogen) atoms. The first-order valence-corrected chi connectivity index (χ1v) is 6.98. The highest BCUT2D eigenvalue weighted by atomic mass is 79.9. The van der Waals surface area contributed by atoms with Crippen LogP contribution in [0.15, 0.2) is 0 Å². The molecule has 0 saturated heterocycles. The molecule has 11 heteroatoms. The number of carbonyl (C=O) groups is 5. The molecule has 4 atom stereocenters. The fourth-order valence-electron chi connectivity index (χ4n) is 2.25. The van der Waals surface area contributed by atoms with E-state index in [1.54, 1.807) is 0 Å². The summed E-state index contributed by atoms with van der Waals surface area (Å²) in [6.45, 7) is -8.24. The summed E-state index contributed by atoms with van der Waals surface area (Å²) in [5.41, 5.74) is -17.1. The Balaban J connectivity index is 7.75. The Kier molecular flexibility index (Phi) is 4.84. The molecule has 0 aliphatic rings. The molecule has 0 saturated carbocycles. The molecule has 142 valence electrons. The van der Waals surface area contributed by atoms with E-state index in [1.165, 1.54) is 0 Å². The van der Waals surface area contributed by atoms with E-state index in [4.69, 9.17) is 5.48 Å². The molecule has 0 radical (unpaired) electrons. The number of Topliss-reactive ketones (excluding diaryl/α,β-unsaturated/α-hetero) is 4. The van der Waals surface area contributed by atoms with Gasteiger partial charge >= 0.3 is 0 Å². The molecule has 0 aliphatic carbocycles. The van der Waals surface area contributed by atoms with Crippen molar-refractivity contribution >= 4 is 43.8 Å². The second kappa shape index (κ2) is 7.09. The van der Waals surface area contributed by atoms with Crippen molar-refractivity contribution in [3.05, 3.63) is 0 Å². The standard InChI is InChI=1S/C14H19BrO10/c1-6(17)11(22,5-16)13(24,8(3)19)14(25,9(4)20)12(23,7(2)18)10(15)21/h16,22-25H,5H2,1-4H3/t11-,12-,13-,14+/m0/s1/i1D,2D,3D,4D. The van der Waals surface area contributed by atoms with Gasteiger partial charge in [0.25, 0.3) is 0 Å². The van der Waals surface area contributed by atoms with E-state index in [-0.39, 0.29) is 0 Å². The maximum atomic E-state index is 12.4. The number of halogens is 1. The minimum atomic E-state index is -4.51. The lowest BCUT2D eigenvalue weighted by Crippen LogP contribution is -2.85. The molecule has 0 aromatic carbocycles. The minimum absolute atomic E-state index is 1.47. The largest absolute Gasteiger partial charge is 0.393 e. The van der Waals surface area contributed by atoms with E-state index < -0.39 is 84.4 Å². The lowest BCUT2D eigenvalue weighted by molar-refractivity contribution is -0.263. The van der Waals surface area contributed by atoms with E-state index in [0.29, 0.717) is 0 Å².